The van der Waals surface area contributed by atoms with Crippen molar-refractivity contribution in [3.8, 4) is 11.5 Å². The van der Waals surface area contributed by atoms with Crippen molar-refractivity contribution in [2.75, 3.05) is 7.11 Å². The zero-order valence-electron chi connectivity index (χ0n) is 15.1. The van der Waals surface area contributed by atoms with Gasteiger partial charge in [-0.05, 0) is 49.4 Å². The minimum absolute atomic E-state index is 0.0502. The lowest BCUT2D eigenvalue weighted by molar-refractivity contribution is 0.0658. The van der Waals surface area contributed by atoms with Gasteiger partial charge in [0.1, 0.15) is 29.4 Å². The molecule has 0 amide bonds. The summed E-state index contributed by atoms with van der Waals surface area (Å²) in [6.45, 7) is 1.84. The van der Waals surface area contributed by atoms with E-state index in [0.717, 1.165) is 10.8 Å². The molecule has 1 N–H and O–H groups in total. The van der Waals surface area contributed by atoms with Crippen LogP contribution in [0, 0.1) is 6.92 Å². The standard InChI is InChI=1S/C21H16O7/c1-11-17(26-10-13-4-7-18(27-13)20(22)23)8-6-15-14-5-3-12(25-2)9-16(14)21(24)28-19(11)15/h3-9H,10H2,1-2H3,(H,22,23). The molecule has 0 bridgehead atoms. The molecular weight excluding hydrogens is 364 g/mol. The Morgan fingerprint density at radius 2 is 1.82 bits per heavy atom. The predicted molar refractivity (Wildman–Crippen MR) is 101 cm³/mol. The monoisotopic (exact) mass is 380 g/mol. The number of rotatable bonds is 5. The molecule has 4 aromatic rings. The molecule has 2 aromatic heterocycles. The molecule has 0 fully saturated rings. The van der Waals surface area contributed by atoms with Crippen molar-refractivity contribution in [1.29, 1.82) is 0 Å². The molecule has 0 unspecified atom stereocenters. The first-order valence-corrected chi connectivity index (χ1v) is 8.47. The molecular formula is C21H16O7. The predicted octanol–water partition coefficient (Wildman–Crippen LogP) is 4.13. The van der Waals surface area contributed by atoms with Gasteiger partial charge in [-0.25, -0.2) is 9.59 Å². The third kappa shape index (κ3) is 2.96. The minimum atomic E-state index is -1.14. The average molecular weight is 380 g/mol. The molecule has 0 aliphatic rings. The second kappa shape index (κ2) is 6.77. The molecule has 7 heteroatoms. The zero-order valence-corrected chi connectivity index (χ0v) is 15.1. The molecule has 2 aromatic carbocycles. The van der Waals surface area contributed by atoms with E-state index in [4.69, 9.17) is 23.4 Å². The number of carboxylic acids is 1. The molecule has 4 rings (SSSR count). The number of hydrogen-bond acceptors (Lipinski definition) is 6. The van der Waals surface area contributed by atoms with E-state index in [1.54, 1.807) is 31.2 Å². The SMILES string of the molecule is COc1ccc2c(c1)c(=O)oc1c(C)c(OCc3ccc(C(=O)O)o3)ccc12. The lowest BCUT2D eigenvalue weighted by Gasteiger charge is -2.11. The fraction of sp³-hybridized carbons (Fsp3) is 0.143. The van der Waals surface area contributed by atoms with Gasteiger partial charge in [0.25, 0.3) is 0 Å². The van der Waals surface area contributed by atoms with Crippen molar-refractivity contribution in [2.45, 2.75) is 13.5 Å². The number of methoxy groups -OCH3 is 1. The van der Waals surface area contributed by atoms with Crippen molar-refractivity contribution in [1.82, 2.24) is 0 Å². The molecule has 2 heterocycles. The van der Waals surface area contributed by atoms with Crippen LogP contribution in [-0.2, 0) is 6.61 Å². The molecule has 0 aliphatic heterocycles. The number of fused-ring (bicyclic) bond motifs is 3. The highest BCUT2D eigenvalue weighted by Gasteiger charge is 2.14. The van der Waals surface area contributed by atoms with Crippen LogP contribution in [0.3, 0.4) is 0 Å². The zero-order chi connectivity index (χ0) is 19.8. The number of carboxylic acid groups (broad SMARTS) is 1. The highest BCUT2D eigenvalue weighted by molar-refractivity contribution is 6.06. The van der Waals surface area contributed by atoms with Crippen molar-refractivity contribution in [3.63, 3.8) is 0 Å². The summed E-state index contributed by atoms with van der Waals surface area (Å²) >= 11 is 0. The summed E-state index contributed by atoms with van der Waals surface area (Å²) in [4.78, 5) is 23.3. The molecule has 142 valence electrons. The summed E-state index contributed by atoms with van der Waals surface area (Å²) in [6, 6.07) is 11.8. The number of carbonyl (C=O) groups is 1. The number of aryl methyl sites for hydroxylation is 1. The van der Waals surface area contributed by atoms with Crippen LogP contribution in [0.1, 0.15) is 21.9 Å². The van der Waals surface area contributed by atoms with Crippen molar-refractivity contribution in [3.05, 3.63) is 70.0 Å². The average Bonchev–Trinajstić information content (AvgIpc) is 3.17. The normalized spacial score (nSPS) is 11.1. The first-order valence-electron chi connectivity index (χ1n) is 8.47. The van der Waals surface area contributed by atoms with Crippen LogP contribution in [0.5, 0.6) is 11.5 Å². The minimum Gasteiger partial charge on any atom is -0.497 e. The highest BCUT2D eigenvalue weighted by atomic mass is 16.5. The van der Waals surface area contributed by atoms with Gasteiger partial charge in [-0.1, -0.05) is 0 Å². The van der Waals surface area contributed by atoms with E-state index in [1.165, 1.54) is 13.2 Å². The van der Waals surface area contributed by atoms with Gasteiger partial charge in [0.15, 0.2) is 0 Å². The first kappa shape index (κ1) is 17.7. The topological polar surface area (TPSA) is 99.1 Å². The lowest BCUT2D eigenvalue weighted by atomic mass is 10.0. The van der Waals surface area contributed by atoms with Crippen LogP contribution in [-0.4, -0.2) is 18.2 Å². The van der Waals surface area contributed by atoms with Gasteiger partial charge in [0, 0.05) is 16.3 Å². The van der Waals surface area contributed by atoms with E-state index < -0.39 is 11.6 Å². The Morgan fingerprint density at radius 1 is 1.04 bits per heavy atom. The summed E-state index contributed by atoms with van der Waals surface area (Å²) in [7, 11) is 1.54. The smallest absolute Gasteiger partial charge is 0.371 e. The Bertz CT molecular complexity index is 1260. The number of furan rings is 1. The fourth-order valence-electron chi connectivity index (χ4n) is 3.09. The molecule has 0 spiro atoms. The Labute approximate surface area is 158 Å². The number of aromatic carboxylic acids is 1. The quantitative estimate of drug-likeness (QED) is 0.410. The van der Waals surface area contributed by atoms with Gasteiger partial charge in [-0.3, -0.25) is 0 Å². The summed E-state index contributed by atoms with van der Waals surface area (Å²) in [5.41, 5.74) is 0.641. The molecule has 0 aliphatic carbocycles. The largest absolute Gasteiger partial charge is 0.497 e. The second-order valence-electron chi connectivity index (χ2n) is 6.23. The molecule has 28 heavy (non-hydrogen) atoms. The number of hydrogen-bond donors (Lipinski definition) is 1. The van der Waals surface area contributed by atoms with E-state index in [9.17, 15) is 9.59 Å². The summed E-state index contributed by atoms with van der Waals surface area (Å²) in [6.07, 6.45) is 0. The lowest BCUT2D eigenvalue weighted by Crippen LogP contribution is -2.02. The van der Waals surface area contributed by atoms with Crippen molar-refractivity contribution in [2.24, 2.45) is 0 Å². The van der Waals surface area contributed by atoms with E-state index in [1.807, 2.05) is 12.1 Å². The van der Waals surface area contributed by atoms with Gasteiger partial charge in [0.05, 0.1) is 12.5 Å². The van der Waals surface area contributed by atoms with Gasteiger partial charge in [0.2, 0.25) is 5.76 Å². The highest BCUT2D eigenvalue weighted by Crippen LogP contribution is 2.32. The van der Waals surface area contributed by atoms with Crippen molar-refractivity contribution < 1.29 is 28.2 Å². The Morgan fingerprint density at radius 3 is 2.54 bits per heavy atom. The van der Waals surface area contributed by atoms with Crippen LogP contribution >= 0.6 is 0 Å². The maximum Gasteiger partial charge on any atom is 0.371 e. The number of ether oxygens (including phenoxy) is 2. The van der Waals surface area contributed by atoms with E-state index in [0.29, 0.717) is 33.8 Å². The fourth-order valence-corrected chi connectivity index (χ4v) is 3.09. The van der Waals surface area contributed by atoms with Gasteiger partial charge < -0.3 is 23.4 Å². The van der Waals surface area contributed by atoms with Crippen molar-refractivity contribution >= 4 is 27.7 Å². The summed E-state index contributed by atoms with van der Waals surface area (Å²) in [5, 5.41) is 10.9. The van der Waals surface area contributed by atoms with Gasteiger partial charge in [-0.15, -0.1) is 0 Å². The Balaban J connectivity index is 1.72. The van der Waals surface area contributed by atoms with Crippen LogP contribution in [0.4, 0.5) is 0 Å². The number of benzene rings is 2. The van der Waals surface area contributed by atoms with Gasteiger partial charge >= 0.3 is 11.6 Å². The molecule has 7 nitrogen and oxygen atoms in total. The van der Waals surface area contributed by atoms with Crippen LogP contribution in [0.25, 0.3) is 21.7 Å². The van der Waals surface area contributed by atoms with Crippen LogP contribution in [0.15, 0.2) is 56.1 Å². The Kier molecular flexibility index (Phi) is 4.27. The molecule has 0 radical (unpaired) electrons. The summed E-state index contributed by atoms with van der Waals surface area (Å²) < 4.78 is 21.6. The van der Waals surface area contributed by atoms with E-state index >= 15 is 0 Å². The maximum atomic E-state index is 12.4. The van der Waals surface area contributed by atoms with Gasteiger partial charge in [-0.2, -0.15) is 0 Å². The van der Waals surface area contributed by atoms with Crippen LogP contribution < -0.4 is 15.1 Å². The van der Waals surface area contributed by atoms with E-state index in [-0.39, 0.29) is 12.4 Å². The van der Waals surface area contributed by atoms with E-state index in [2.05, 4.69) is 0 Å². The second-order valence-corrected chi connectivity index (χ2v) is 6.23. The summed E-state index contributed by atoms with van der Waals surface area (Å²) in [5.74, 6) is 0.177. The molecule has 0 saturated heterocycles. The Hall–Kier alpha value is -3.74. The first-order chi connectivity index (χ1) is 13.5. The molecule has 0 atom stereocenters. The third-order valence-electron chi connectivity index (χ3n) is 4.53. The third-order valence-corrected chi connectivity index (χ3v) is 4.53. The van der Waals surface area contributed by atoms with Crippen LogP contribution in [0.2, 0.25) is 0 Å². The maximum absolute atomic E-state index is 12.4. The molecule has 0 saturated carbocycles.